The summed E-state index contributed by atoms with van der Waals surface area (Å²) in [5.74, 6) is 0.963. The van der Waals surface area contributed by atoms with Crippen LogP contribution in [0, 0.1) is 0 Å². The van der Waals surface area contributed by atoms with Crippen molar-refractivity contribution in [2.75, 3.05) is 18.9 Å². The first kappa shape index (κ1) is 19.4. The number of carbonyl (C=O) groups is 1. The van der Waals surface area contributed by atoms with Crippen LogP contribution in [0.15, 0.2) is 36.7 Å². The average Bonchev–Trinajstić information content (AvgIpc) is 3.09. The number of benzene rings is 1. The minimum atomic E-state index is -0.169. The Morgan fingerprint density at radius 3 is 2.78 bits per heavy atom. The van der Waals surface area contributed by atoms with Crippen LogP contribution in [0.3, 0.4) is 0 Å². The molecule has 0 atom stereocenters. The van der Waals surface area contributed by atoms with Gasteiger partial charge in [-0.25, -0.2) is 9.78 Å². The van der Waals surface area contributed by atoms with Crippen molar-refractivity contribution >= 4 is 11.7 Å². The second-order valence-electron chi connectivity index (χ2n) is 7.45. The molecular formula is C21H31N5O. The van der Waals surface area contributed by atoms with Gasteiger partial charge in [0, 0.05) is 50.7 Å². The van der Waals surface area contributed by atoms with Gasteiger partial charge in [0.15, 0.2) is 0 Å². The number of nitrogens with one attached hydrogen (secondary N) is 2. The predicted molar refractivity (Wildman–Crippen MR) is 109 cm³/mol. The summed E-state index contributed by atoms with van der Waals surface area (Å²) in [5.41, 5.74) is 2.04. The zero-order valence-corrected chi connectivity index (χ0v) is 16.4. The highest BCUT2D eigenvalue weighted by atomic mass is 16.2. The van der Waals surface area contributed by atoms with Crippen molar-refractivity contribution in [3.8, 4) is 0 Å². The van der Waals surface area contributed by atoms with Crippen LogP contribution in [0.4, 0.5) is 10.5 Å². The van der Waals surface area contributed by atoms with Gasteiger partial charge < -0.3 is 15.2 Å². The van der Waals surface area contributed by atoms with Gasteiger partial charge in [-0.2, -0.15) is 0 Å². The molecule has 2 aromatic rings. The number of imidazole rings is 1. The lowest BCUT2D eigenvalue weighted by Gasteiger charge is -2.31. The zero-order valence-electron chi connectivity index (χ0n) is 16.4. The third-order valence-corrected chi connectivity index (χ3v) is 5.44. The Balaban J connectivity index is 1.52. The first-order valence-electron chi connectivity index (χ1n) is 9.92. The molecule has 1 fully saturated rings. The number of hydrogen-bond donors (Lipinski definition) is 2. The highest BCUT2D eigenvalue weighted by Crippen LogP contribution is 2.24. The quantitative estimate of drug-likeness (QED) is 0.785. The summed E-state index contributed by atoms with van der Waals surface area (Å²) in [7, 11) is 4.15. The number of anilines is 1. The average molecular weight is 370 g/mol. The molecule has 0 aliphatic heterocycles. The molecule has 1 aromatic carbocycles. The van der Waals surface area contributed by atoms with E-state index in [0.717, 1.165) is 23.6 Å². The Bertz CT molecular complexity index is 736. The molecule has 1 saturated carbocycles. The van der Waals surface area contributed by atoms with Gasteiger partial charge in [0.05, 0.1) is 0 Å². The molecule has 1 aromatic heterocycles. The third kappa shape index (κ3) is 5.57. The molecule has 1 aliphatic rings. The summed E-state index contributed by atoms with van der Waals surface area (Å²) in [6, 6.07) is 8.56. The van der Waals surface area contributed by atoms with E-state index in [-0.39, 0.29) is 6.03 Å². The minimum Gasteiger partial charge on any atom is -0.338 e. The molecule has 6 nitrogen and oxygen atoms in total. The van der Waals surface area contributed by atoms with Crippen LogP contribution in [0.25, 0.3) is 0 Å². The number of rotatable bonds is 7. The van der Waals surface area contributed by atoms with Crippen LogP contribution >= 0.6 is 0 Å². The molecular weight excluding hydrogens is 338 g/mol. The van der Waals surface area contributed by atoms with Crippen molar-refractivity contribution < 1.29 is 4.79 Å². The van der Waals surface area contributed by atoms with Crippen molar-refractivity contribution in [1.29, 1.82) is 0 Å². The smallest absolute Gasteiger partial charge is 0.319 e. The number of carbonyl (C=O) groups excluding carboxylic acids is 1. The summed E-state index contributed by atoms with van der Waals surface area (Å²) in [6.45, 7) is 1.41. The van der Waals surface area contributed by atoms with E-state index in [9.17, 15) is 4.79 Å². The van der Waals surface area contributed by atoms with E-state index in [2.05, 4.69) is 33.6 Å². The van der Waals surface area contributed by atoms with Crippen LogP contribution < -0.4 is 10.6 Å². The first-order valence-corrected chi connectivity index (χ1v) is 9.92. The van der Waals surface area contributed by atoms with E-state index in [1.807, 2.05) is 36.0 Å². The van der Waals surface area contributed by atoms with E-state index in [4.69, 9.17) is 0 Å². The number of nitrogens with zero attached hydrogens (tertiary/aromatic N) is 3. The summed E-state index contributed by atoms with van der Waals surface area (Å²) >= 11 is 0. The van der Waals surface area contributed by atoms with Crippen LogP contribution in [0.5, 0.6) is 0 Å². The molecule has 1 aliphatic carbocycles. The summed E-state index contributed by atoms with van der Waals surface area (Å²) in [4.78, 5) is 19.0. The van der Waals surface area contributed by atoms with Crippen molar-refractivity contribution in [3.05, 3.63) is 48.0 Å². The lowest BCUT2D eigenvalue weighted by Crippen LogP contribution is -2.34. The summed E-state index contributed by atoms with van der Waals surface area (Å²) in [6.07, 6.45) is 11.0. The van der Waals surface area contributed by atoms with Crippen molar-refractivity contribution in [2.45, 2.75) is 51.1 Å². The maximum absolute atomic E-state index is 12.3. The summed E-state index contributed by atoms with van der Waals surface area (Å²) < 4.78 is 1.97. The number of para-hydroxylation sites is 1. The highest BCUT2D eigenvalue weighted by Gasteiger charge is 2.19. The van der Waals surface area contributed by atoms with Gasteiger partial charge in [0.1, 0.15) is 5.82 Å². The fourth-order valence-corrected chi connectivity index (χ4v) is 3.79. The topological polar surface area (TPSA) is 62.2 Å². The molecule has 0 spiro atoms. The number of urea groups is 1. The zero-order chi connectivity index (χ0) is 19.1. The van der Waals surface area contributed by atoms with Gasteiger partial charge in [0.25, 0.3) is 0 Å². The first-order chi connectivity index (χ1) is 13.1. The molecule has 0 bridgehead atoms. The number of amides is 2. The fraction of sp³-hybridized carbons (Fsp3) is 0.524. The standard InChI is InChI=1S/C21H31N5O/c1-25-15-14-22-20(25)12-13-23-21(27)24-19-11-7-6-8-17(19)16-26(2)18-9-4-3-5-10-18/h6-8,11,14-15,18H,3-5,9-10,12-13,16H2,1-2H3,(H2,23,24,27). The van der Waals surface area contributed by atoms with Crippen LogP contribution in [0.1, 0.15) is 43.5 Å². The van der Waals surface area contributed by atoms with Crippen molar-refractivity contribution in [1.82, 2.24) is 19.8 Å². The molecule has 0 unspecified atom stereocenters. The summed E-state index contributed by atoms with van der Waals surface area (Å²) in [5, 5.41) is 5.93. The molecule has 0 saturated heterocycles. The second kappa shape index (κ2) is 9.55. The predicted octanol–water partition coefficient (Wildman–Crippen LogP) is 3.55. The Morgan fingerprint density at radius 2 is 2.04 bits per heavy atom. The van der Waals surface area contributed by atoms with E-state index in [1.54, 1.807) is 6.20 Å². The maximum Gasteiger partial charge on any atom is 0.319 e. The lowest BCUT2D eigenvalue weighted by atomic mass is 9.94. The molecule has 3 rings (SSSR count). The SMILES string of the molecule is CN(Cc1ccccc1NC(=O)NCCc1nccn1C)C1CCCCC1. The van der Waals surface area contributed by atoms with Gasteiger partial charge in [0.2, 0.25) is 0 Å². The molecule has 0 radical (unpaired) electrons. The number of hydrogen-bond acceptors (Lipinski definition) is 3. The minimum absolute atomic E-state index is 0.169. The molecule has 146 valence electrons. The van der Waals surface area contributed by atoms with E-state index < -0.39 is 0 Å². The van der Waals surface area contributed by atoms with Gasteiger partial charge in [-0.15, -0.1) is 0 Å². The third-order valence-electron chi connectivity index (χ3n) is 5.44. The highest BCUT2D eigenvalue weighted by molar-refractivity contribution is 5.90. The van der Waals surface area contributed by atoms with Crippen molar-refractivity contribution in [2.24, 2.45) is 7.05 Å². The molecule has 2 amide bonds. The van der Waals surface area contributed by atoms with E-state index in [1.165, 1.54) is 32.1 Å². The number of aryl methyl sites for hydroxylation is 1. The molecule has 6 heteroatoms. The maximum atomic E-state index is 12.3. The Morgan fingerprint density at radius 1 is 1.26 bits per heavy atom. The van der Waals surface area contributed by atoms with Gasteiger partial charge >= 0.3 is 6.03 Å². The Kier molecular flexibility index (Phi) is 6.87. The van der Waals surface area contributed by atoms with Gasteiger partial charge in [-0.05, 0) is 31.5 Å². The van der Waals surface area contributed by atoms with Crippen LogP contribution in [0.2, 0.25) is 0 Å². The largest absolute Gasteiger partial charge is 0.338 e. The Hall–Kier alpha value is -2.34. The molecule has 2 N–H and O–H groups in total. The van der Waals surface area contributed by atoms with Crippen LogP contribution in [-0.2, 0) is 20.0 Å². The fourth-order valence-electron chi connectivity index (χ4n) is 3.79. The molecule has 1 heterocycles. The van der Waals surface area contributed by atoms with Crippen LogP contribution in [-0.4, -0.2) is 40.1 Å². The number of aromatic nitrogens is 2. The normalized spacial score (nSPS) is 15.1. The van der Waals surface area contributed by atoms with E-state index in [0.29, 0.717) is 19.0 Å². The van der Waals surface area contributed by atoms with Gasteiger partial charge in [-0.1, -0.05) is 37.5 Å². The van der Waals surface area contributed by atoms with Crippen molar-refractivity contribution in [3.63, 3.8) is 0 Å². The molecule has 27 heavy (non-hydrogen) atoms. The monoisotopic (exact) mass is 369 g/mol. The lowest BCUT2D eigenvalue weighted by molar-refractivity contribution is 0.185. The second-order valence-corrected chi connectivity index (χ2v) is 7.45. The van der Waals surface area contributed by atoms with Gasteiger partial charge in [-0.3, -0.25) is 4.90 Å². The Labute approximate surface area is 162 Å². The van der Waals surface area contributed by atoms with E-state index >= 15 is 0 Å².